The van der Waals surface area contributed by atoms with Crippen molar-refractivity contribution >= 4 is 17.4 Å². The van der Waals surface area contributed by atoms with Gasteiger partial charge in [0.25, 0.3) is 0 Å². The van der Waals surface area contributed by atoms with Gasteiger partial charge in [-0.3, -0.25) is 0 Å². The Kier molecular flexibility index (Phi) is 7.08. The molecule has 2 amide bonds. The Morgan fingerprint density at radius 3 is 2.56 bits per heavy atom. The first-order valence-electron chi connectivity index (χ1n) is 8.97. The van der Waals surface area contributed by atoms with Crippen molar-refractivity contribution in [2.45, 2.75) is 25.9 Å². The quantitative estimate of drug-likeness (QED) is 0.823. The van der Waals surface area contributed by atoms with Gasteiger partial charge in [0.05, 0.1) is 6.10 Å². The lowest BCUT2D eigenvalue weighted by Crippen LogP contribution is -2.43. The van der Waals surface area contributed by atoms with Gasteiger partial charge in [-0.05, 0) is 57.6 Å². The molecular formula is C19H32N4O2. The number of ether oxygens (including phenoxy) is 1. The van der Waals surface area contributed by atoms with Crippen molar-refractivity contribution in [3.8, 4) is 0 Å². The maximum Gasteiger partial charge on any atom is 0.321 e. The molecule has 1 aromatic carbocycles. The van der Waals surface area contributed by atoms with E-state index in [1.54, 1.807) is 0 Å². The Morgan fingerprint density at radius 2 is 2.00 bits per heavy atom. The highest BCUT2D eigenvalue weighted by Gasteiger charge is 2.22. The molecule has 1 aliphatic rings. The summed E-state index contributed by atoms with van der Waals surface area (Å²) in [7, 11) is 8.08. The second-order valence-corrected chi connectivity index (χ2v) is 7.21. The summed E-state index contributed by atoms with van der Waals surface area (Å²) >= 11 is 0. The molecule has 6 heteroatoms. The zero-order valence-corrected chi connectivity index (χ0v) is 16.2. The summed E-state index contributed by atoms with van der Waals surface area (Å²) in [5, 5.41) is 3.04. The standard InChI is InChI=1S/C19H32N4O2/c1-15-13-16(8-9-18(15)22(4)5)20-19(24)23(11-10-21(2)3)14-17-7-6-12-25-17/h8-9,13,17H,6-7,10-12,14H2,1-5H3,(H,20,24)/t17-/m0/s1. The van der Waals surface area contributed by atoms with Gasteiger partial charge in [0.1, 0.15) is 0 Å². The van der Waals surface area contributed by atoms with Gasteiger partial charge in [-0.25, -0.2) is 4.79 Å². The van der Waals surface area contributed by atoms with Gasteiger partial charge in [-0.1, -0.05) is 0 Å². The molecule has 1 heterocycles. The van der Waals surface area contributed by atoms with E-state index in [9.17, 15) is 4.79 Å². The van der Waals surface area contributed by atoms with Crippen LogP contribution in [-0.4, -0.2) is 76.4 Å². The van der Waals surface area contributed by atoms with Crippen LogP contribution in [0.1, 0.15) is 18.4 Å². The number of hydrogen-bond acceptors (Lipinski definition) is 4. The fourth-order valence-electron chi connectivity index (χ4n) is 3.07. The van der Waals surface area contributed by atoms with E-state index >= 15 is 0 Å². The fraction of sp³-hybridized carbons (Fsp3) is 0.632. The number of hydrogen-bond donors (Lipinski definition) is 1. The summed E-state index contributed by atoms with van der Waals surface area (Å²) < 4.78 is 5.71. The molecule has 2 rings (SSSR count). The zero-order valence-electron chi connectivity index (χ0n) is 16.2. The van der Waals surface area contributed by atoms with Crippen molar-refractivity contribution in [2.24, 2.45) is 0 Å². The summed E-state index contributed by atoms with van der Waals surface area (Å²) in [6, 6.07) is 5.95. The van der Waals surface area contributed by atoms with Gasteiger partial charge < -0.3 is 24.8 Å². The van der Waals surface area contributed by atoms with Crippen LogP contribution in [0.4, 0.5) is 16.2 Å². The maximum atomic E-state index is 12.8. The molecule has 1 aliphatic heterocycles. The molecule has 1 fully saturated rings. The number of aryl methyl sites for hydroxylation is 1. The van der Waals surface area contributed by atoms with Crippen LogP contribution in [0.2, 0.25) is 0 Å². The third-order valence-electron chi connectivity index (χ3n) is 4.48. The van der Waals surface area contributed by atoms with Crippen LogP contribution in [0.5, 0.6) is 0 Å². The number of carbonyl (C=O) groups is 1. The van der Waals surface area contributed by atoms with Gasteiger partial charge in [-0.15, -0.1) is 0 Å². The van der Waals surface area contributed by atoms with Crippen molar-refractivity contribution in [3.63, 3.8) is 0 Å². The van der Waals surface area contributed by atoms with Crippen molar-refractivity contribution < 1.29 is 9.53 Å². The lowest BCUT2D eigenvalue weighted by Gasteiger charge is -2.27. The lowest BCUT2D eigenvalue weighted by atomic mass is 10.1. The van der Waals surface area contributed by atoms with Crippen LogP contribution in [-0.2, 0) is 4.74 Å². The number of benzene rings is 1. The van der Waals surface area contributed by atoms with Crippen molar-refractivity contribution in [2.75, 3.05) is 64.6 Å². The molecule has 140 valence electrons. The first-order chi connectivity index (χ1) is 11.9. The zero-order chi connectivity index (χ0) is 18.4. The molecule has 0 unspecified atom stereocenters. The Morgan fingerprint density at radius 1 is 1.24 bits per heavy atom. The maximum absolute atomic E-state index is 12.8. The van der Waals surface area contributed by atoms with E-state index in [0.29, 0.717) is 13.1 Å². The molecule has 25 heavy (non-hydrogen) atoms. The first-order valence-corrected chi connectivity index (χ1v) is 8.97. The van der Waals surface area contributed by atoms with E-state index in [4.69, 9.17) is 4.74 Å². The molecule has 0 radical (unpaired) electrons. The first kappa shape index (κ1) is 19.5. The van der Waals surface area contributed by atoms with E-state index in [0.717, 1.165) is 42.9 Å². The molecule has 0 aromatic heterocycles. The molecule has 0 aliphatic carbocycles. The minimum absolute atomic E-state index is 0.0608. The number of urea groups is 1. The number of likely N-dealkylation sites (N-methyl/N-ethyl adjacent to an activating group) is 1. The Hall–Kier alpha value is -1.79. The molecule has 1 saturated heterocycles. The fourth-order valence-corrected chi connectivity index (χ4v) is 3.07. The predicted molar refractivity (Wildman–Crippen MR) is 104 cm³/mol. The largest absolute Gasteiger partial charge is 0.377 e. The molecule has 1 aromatic rings. The van der Waals surface area contributed by atoms with Crippen LogP contribution in [0.15, 0.2) is 18.2 Å². The molecule has 0 saturated carbocycles. The number of amides is 2. The topological polar surface area (TPSA) is 48.1 Å². The number of nitrogens with one attached hydrogen (secondary N) is 1. The molecule has 6 nitrogen and oxygen atoms in total. The Bertz CT molecular complexity index is 569. The highest BCUT2D eigenvalue weighted by Crippen LogP contribution is 2.22. The van der Waals surface area contributed by atoms with Crippen LogP contribution in [0.3, 0.4) is 0 Å². The van der Waals surface area contributed by atoms with Crippen LogP contribution >= 0.6 is 0 Å². The number of rotatable bonds is 7. The van der Waals surface area contributed by atoms with Gasteiger partial charge in [0, 0.05) is 51.7 Å². The summed E-state index contributed by atoms with van der Waals surface area (Å²) in [4.78, 5) is 18.8. The molecule has 1 N–H and O–H groups in total. The predicted octanol–water partition coefficient (Wildman–Crippen LogP) is 2.64. The normalized spacial score (nSPS) is 17.0. The van der Waals surface area contributed by atoms with E-state index in [1.165, 1.54) is 0 Å². The van der Waals surface area contributed by atoms with Gasteiger partial charge in [-0.2, -0.15) is 0 Å². The molecule has 0 bridgehead atoms. The van der Waals surface area contributed by atoms with Crippen LogP contribution < -0.4 is 10.2 Å². The van der Waals surface area contributed by atoms with Crippen LogP contribution in [0.25, 0.3) is 0 Å². The summed E-state index contributed by atoms with van der Waals surface area (Å²) in [6.07, 6.45) is 2.27. The van der Waals surface area contributed by atoms with Crippen LogP contribution in [0, 0.1) is 6.92 Å². The number of anilines is 2. The molecule has 1 atom stereocenters. The molecule has 0 spiro atoms. The molecular weight excluding hydrogens is 316 g/mol. The number of nitrogens with zero attached hydrogens (tertiary/aromatic N) is 3. The minimum Gasteiger partial charge on any atom is -0.377 e. The van der Waals surface area contributed by atoms with Gasteiger partial charge >= 0.3 is 6.03 Å². The summed E-state index contributed by atoms with van der Waals surface area (Å²) in [6.45, 7) is 5.03. The highest BCUT2D eigenvalue weighted by atomic mass is 16.5. The highest BCUT2D eigenvalue weighted by molar-refractivity contribution is 5.89. The minimum atomic E-state index is -0.0608. The second-order valence-electron chi connectivity index (χ2n) is 7.21. The van der Waals surface area contributed by atoms with Gasteiger partial charge in [0.2, 0.25) is 0 Å². The van der Waals surface area contributed by atoms with E-state index in [1.807, 2.05) is 51.3 Å². The summed E-state index contributed by atoms with van der Waals surface area (Å²) in [5.74, 6) is 0. The van der Waals surface area contributed by atoms with E-state index in [2.05, 4.69) is 22.0 Å². The van der Waals surface area contributed by atoms with Crippen molar-refractivity contribution in [1.29, 1.82) is 0 Å². The Labute approximate surface area is 151 Å². The smallest absolute Gasteiger partial charge is 0.321 e. The second kappa shape index (κ2) is 9.06. The SMILES string of the molecule is Cc1cc(NC(=O)N(CCN(C)C)C[C@@H]2CCCO2)ccc1N(C)C. The van der Waals surface area contributed by atoms with E-state index < -0.39 is 0 Å². The van der Waals surface area contributed by atoms with E-state index in [-0.39, 0.29) is 12.1 Å². The Balaban J connectivity index is 2.02. The monoisotopic (exact) mass is 348 g/mol. The van der Waals surface area contributed by atoms with Crippen molar-refractivity contribution in [1.82, 2.24) is 9.80 Å². The third kappa shape index (κ3) is 5.90. The number of carbonyl (C=O) groups excluding carboxylic acids is 1. The van der Waals surface area contributed by atoms with Gasteiger partial charge in [0.15, 0.2) is 0 Å². The van der Waals surface area contributed by atoms with Crippen molar-refractivity contribution in [3.05, 3.63) is 23.8 Å². The lowest BCUT2D eigenvalue weighted by molar-refractivity contribution is 0.0820. The summed E-state index contributed by atoms with van der Waals surface area (Å²) in [5.41, 5.74) is 3.12. The third-order valence-corrected chi connectivity index (χ3v) is 4.48. The average Bonchev–Trinajstić information content (AvgIpc) is 3.03. The average molecular weight is 348 g/mol.